The van der Waals surface area contributed by atoms with E-state index in [1.807, 2.05) is 18.2 Å². The molecule has 6 heteroatoms. The maximum atomic E-state index is 13.3. The van der Waals surface area contributed by atoms with E-state index in [1.54, 1.807) is 0 Å². The molecule has 0 spiro atoms. The highest BCUT2D eigenvalue weighted by atomic mass is 35.5. The fourth-order valence-corrected chi connectivity index (χ4v) is 5.90. The molecule has 0 bridgehead atoms. The standard InChI is InChI=1S/C29H30ClN3O2/c1-6-32(7-2)21-13-14-23(18(4)15-21)29(24-16-20(30)17-31-27(24)28(34)35-29)26-19(5)33(8-3)25-12-10-9-11-22(25)26/h9-17H,6-8H2,1-5H3. The van der Waals surface area contributed by atoms with Crippen molar-refractivity contribution < 1.29 is 9.53 Å². The van der Waals surface area contributed by atoms with Crippen molar-refractivity contribution in [1.82, 2.24) is 9.55 Å². The van der Waals surface area contributed by atoms with E-state index in [1.165, 1.54) is 6.20 Å². The van der Waals surface area contributed by atoms with Gasteiger partial charge in [-0.3, -0.25) is 0 Å². The number of aromatic nitrogens is 2. The molecular weight excluding hydrogens is 458 g/mol. The number of pyridine rings is 1. The van der Waals surface area contributed by atoms with Crippen molar-refractivity contribution in [3.8, 4) is 0 Å². The van der Waals surface area contributed by atoms with Crippen molar-refractivity contribution in [3.63, 3.8) is 0 Å². The fraction of sp³-hybridized carbons (Fsp3) is 0.310. The van der Waals surface area contributed by atoms with Crippen LogP contribution in [0.1, 0.15) is 59.2 Å². The lowest BCUT2D eigenvalue weighted by Gasteiger charge is -2.33. The maximum Gasteiger partial charge on any atom is 0.358 e. The molecule has 1 aliphatic rings. The Morgan fingerprint density at radius 1 is 1.03 bits per heavy atom. The Bertz CT molecular complexity index is 1450. The van der Waals surface area contributed by atoms with Crippen molar-refractivity contribution in [2.75, 3.05) is 18.0 Å². The van der Waals surface area contributed by atoms with Gasteiger partial charge in [-0.2, -0.15) is 0 Å². The second kappa shape index (κ2) is 8.72. The van der Waals surface area contributed by atoms with Crippen LogP contribution in [0.5, 0.6) is 0 Å². The zero-order valence-corrected chi connectivity index (χ0v) is 21.6. The molecule has 0 N–H and O–H groups in total. The highest BCUT2D eigenvalue weighted by Crippen LogP contribution is 2.52. The Morgan fingerprint density at radius 3 is 2.46 bits per heavy atom. The van der Waals surface area contributed by atoms with Crippen LogP contribution in [0.25, 0.3) is 10.9 Å². The number of rotatable bonds is 6. The van der Waals surface area contributed by atoms with Gasteiger partial charge in [0.2, 0.25) is 0 Å². The monoisotopic (exact) mass is 487 g/mol. The minimum absolute atomic E-state index is 0.314. The predicted octanol–water partition coefficient (Wildman–Crippen LogP) is 6.63. The lowest BCUT2D eigenvalue weighted by molar-refractivity contribution is 0.0249. The minimum Gasteiger partial charge on any atom is -0.439 e. The highest BCUT2D eigenvalue weighted by molar-refractivity contribution is 6.30. The summed E-state index contributed by atoms with van der Waals surface area (Å²) < 4.78 is 8.71. The van der Waals surface area contributed by atoms with E-state index in [2.05, 4.69) is 79.4 Å². The summed E-state index contributed by atoms with van der Waals surface area (Å²) in [5.74, 6) is -0.434. The Labute approximate surface area is 211 Å². The molecule has 5 rings (SSSR count). The molecule has 3 heterocycles. The molecule has 2 aromatic heterocycles. The summed E-state index contributed by atoms with van der Waals surface area (Å²) in [5.41, 5.74) is 6.10. The Hall–Kier alpha value is -3.31. The third-order valence-corrected chi connectivity index (χ3v) is 7.50. The number of cyclic esters (lactones) is 1. The molecule has 0 amide bonds. The van der Waals surface area contributed by atoms with Gasteiger partial charge in [0.25, 0.3) is 0 Å². The van der Waals surface area contributed by atoms with E-state index < -0.39 is 11.6 Å². The van der Waals surface area contributed by atoms with Gasteiger partial charge in [-0.15, -0.1) is 0 Å². The Balaban J connectivity index is 1.90. The predicted molar refractivity (Wildman–Crippen MR) is 142 cm³/mol. The van der Waals surface area contributed by atoms with Gasteiger partial charge >= 0.3 is 5.97 Å². The highest BCUT2D eigenvalue weighted by Gasteiger charge is 2.52. The molecule has 1 atom stereocenters. The number of ether oxygens (including phenoxy) is 1. The molecule has 1 unspecified atom stereocenters. The topological polar surface area (TPSA) is 47.4 Å². The molecule has 180 valence electrons. The van der Waals surface area contributed by atoms with Gasteiger partial charge in [0, 0.05) is 64.8 Å². The lowest BCUT2D eigenvalue weighted by Crippen LogP contribution is -2.32. The average Bonchev–Trinajstić information content (AvgIpc) is 3.30. The quantitative estimate of drug-likeness (QED) is 0.286. The second-order valence-corrected chi connectivity index (χ2v) is 9.45. The van der Waals surface area contributed by atoms with E-state index >= 15 is 0 Å². The van der Waals surface area contributed by atoms with Crippen LogP contribution < -0.4 is 4.90 Å². The van der Waals surface area contributed by atoms with Gasteiger partial charge in [-0.05, 0) is 64.4 Å². The summed E-state index contributed by atoms with van der Waals surface area (Å²) in [6.45, 7) is 13.3. The summed E-state index contributed by atoms with van der Waals surface area (Å²) >= 11 is 6.47. The van der Waals surface area contributed by atoms with Gasteiger partial charge in [-0.1, -0.05) is 35.9 Å². The van der Waals surface area contributed by atoms with Crippen LogP contribution in [0, 0.1) is 13.8 Å². The van der Waals surface area contributed by atoms with Crippen molar-refractivity contribution in [3.05, 3.63) is 93.4 Å². The van der Waals surface area contributed by atoms with Crippen LogP contribution in [0.3, 0.4) is 0 Å². The molecular formula is C29H30ClN3O2. The Morgan fingerprint density at radius 2 is 1.77 bits per heavy atom. The second-order valence-electron chi connectivity index (χ2n) is 9.01. The van der Waals surface area contributed by atoms with Crippen LogP contribution in [-0.2, 0) is 16.9 Å². The van der Waals surface area contributed by atoms with E-state index in [0.717, 1.165) is 58.6 Å². The number of nitrogens with zero attached hydrogens (tertiary/aromatic N) is 3. The van der Waals surface area contributed by atoms with Gasteiger partial charge in [0.15, 0.2) is 11.3 Å². The number of hydrogen-bond donors (Lipinski definition) is 0. The van der Waals surface area contributed by atoms with Crippen LogP contribution >= 0.6 is 11.6 Å². The number of para-hydroxylation sites is 1. The Kier molecular flexibility index (Phi) is 5.84. The van der Waals surface area contributed by atoms with Crippen LogP contribution in [0.4, 0.5) is 5.69 Å². The number of esters is 1. The van der Waals surface area contributed by atoms with Crippen molar-refractivity contribution in [1.29, 1.82) is 0 Å². The fourth-order valence-electron chi connectivity index (χ4n) is 5.74. The third-order valence-electron chi connectivity index (χ3n) is 7.29. The maximum absolute atomic E-state index is 13.3. The summed E-state index contributed by atoms with van der Waals surface area (Å²) in [7, 11) is 0. The van der Waals surface area contributed by atoms with Gasteiger partial charge in [-0.25, -0.2) is 9.78 Å². The summed E-state index contributed by atoms with van der Waals surface area (Å²) in [6.07, 6.45) is 1.51. The van der Waals surface area contributed by atoms with Crippen LogP contribution in [0.15, 0.2) is 54.7 Å². The number of halogens is 1. The first-order valence-electron chi connectivity index (χ1n) is 12.2. The molecule has 35 heavy (non-hydrogen) atoms. The number of fused-ring (bicyclic) bond motifs is 2. The number of benzene rings is 2. The first kappa shape index (κ1) is 23.4. The van der Waals surface area contributed by atoms with Gasteiger partial charge < -0.3 is 14.2 Å². The van der Waals surface area contributed by atoms with E-state index in [9.17, 15) is 4.79 Å². The van der Waals surface area contributed by atoms with Crippen molar-refractivity contribution in [2.45, 2.75) is 46.8 Å². The minimum atomic E-state index is -1.15. The van der Waals surface area contributed by atoms with Crippen molar-refractivity contribution in [2.24, 2.45) is 0 Å². The molecule has 2 aromatic carbocycles. The molecule has 1 aliphatic heterocycles. The molecule has 0 aliphatic carbocycles. The molecule has 4 aromatic rings. The molecule has 0 saturated carbocycles. The summed E-state index contributed by atoms with van der Waals surface area (Å²) in [5, 5.41) is 1.53. The molecule has 0 saturated heterocycles. The third kappa shape index (κ3) is 3.36. The van der Waals surface area contributed by atoms with Crippen LogP contribution in [-0.4, -0.2) is 28.6 Å². The zero-order chi connectivity index (χ0) is 24.9. The van der Waals surface area contributed by atoms with E-state index in [-0.39, 0.29) is 0 Å². The lowest BCUT2D eigenvalue weighted by atomic mass is 9.77. The normalized spacial score (nSPS) is 17.0. The van der Waals surface area contributed by atoms with Gasteiger partial charge in [0.1, 0.15) is 0 Å². The van der Waals surface area contributed by atoms with E-state index in [0.29, 0.717) is 16.3 Å². The number of carbonyl (C=O) groups excluding carboxylic acids is 1. The van der Waals surface area contributed by atoms with E-state index in [4.69, 9.17) is 16.3 Å². The smallest absolute Gasteiger partial charge is 0.358 e. The first-order valence-corrected chi connectivity index (χ1v) is 12.6. The largest absolute Gasteiger partial charge is 0.439 e. The summed E-state index contributed by atoms with van der Waals surface area (Å²) in [6, 6.07) is 16.5. The first-order chi connectivity index (χ1) is 16.9. The van der Waals surface area contributed by atoms with Crippen molar-refractivity contribution >= 4 is 34.2 Å². The molecule has 0 radical (unpaired) electrons. The molecule has 5 nitrogen and oxygen atoms in total. The summed E-state index contributed by atoms with van der Waals surface area (Å²) in [4.78, 5) is 20.0. The van der Waals surface area contributed by atoms with Gasteiger partial charge in [0.05, 0.1) is 5.02 Å². The number of carbonyl (C=O) groups is 1. The number of aryl methyl sites for hydroxylation is 2. The van der Waals surface area contributed by atoms with Crippen LogP contribution in [0.2, 0.25) is 5.02 Å². The zero-order valence-electron chi connectivity index (χ0n) is 20.9. The number of anilines is 1. The SMILES string of the molecule is CCN(CC)c1ccc(C2(c3c(C)n(CC)c4ccccc34)OC(=O)c3ncc(Cl)cc32)c(C)c1. The number of hydrogen-bond acceptors (Lipinski definition) is 4. The average molecular weight is 488 g/mol. The molecule has 0 fully saturated rings.